The summed E-state index contributed by atoms with van der Waals surface area (Å²) in [6.45, 7) is 2.11. The molecule has 8 heteroatoms. The molecule has 3 aromatic heterocycles. The summed E-state index contributed by atoms with van der Waals surface area (Å²) in [5.74, 6) is 1.38. The Balaban J connectivity index is 1.32. The summed E-state index contributed by atoms with van der Waals surface area (Å²) in [4.78, 5) is 31.4. The third kappa shape index (κ3) is 4.58. The fourth-order valence-corrected chi connectivity index (χ4v) is 4.44. The Hall–Kier alpha value is -3.36. The van der Waals surface area contributed by atoms with Gasteiger partial charge in [-0.2, -0.15) is 0 Å². The van der Waals surface area contributed by atoms with E-state index < -0.39 is 0 Å². The third-order valence-corrected chi connectivity index (χ3v) is 6.26. The van der Waals surface area contributed by atoms with Crippen molar-refractivity contribution in [2.45, 2.75) is 19.5 Å². The molecule has 0 saturated heterocycles. The monoisotopic (exact) mass is 503 g/mol. The summed E-state index contributed by atoms with van der Waals surface area (Å²) in [5.41, 5.74) is 5.28. The molecular weight excluding hydrogens is 482 g/mol. The predicted molar refractivity (Wildman–Crippen MR) is 130 cm³/mol. The van der Waals surface area contributed by atoms with Crippen LogP contribution < -0.4 is 10.3 Å². The summed E-state index contributed by atoms with van der Waals surface area (Å²) in [7, 11) is 1.66. The van der Waals surface area contributed by atoms with Crippen molar-refractivity contribution in [3.8, 4) is 28.4 Å². The number of hydrogen-bond acceptors (Lipinski definition) is 6. The van der Waals surface area contributed by atoms with Crippen molar-refractivity contribution < 1.29 is 4.74 Å². The lowest BCUT2D eigenvalue weighted by Crippen LogP contribution is -2.35. The summed E-state index contributed by atoms with van der Waals surface area (Å²) >= 11 is 3.51. The van der Waals surface area contributed by atoms with Gasteiger partial charge in [-0.3, -0.25) is 19.7 Å². The Morgan fingerprint density at radius 3 is 2.76 bits per heavy atom. The molecule has 1 N–H and O–H groups in total. The van der Waals surface area contributed by atoms with Gasteiger partial charge >= 0.3 is 0 Å². The van der Waals surface area contributed by atoms with Crippen LogP contribution in [0, 0.1) is 0 Å². The van der Waals surface area contributed by atoms with Crippen molar-refractivity contribution in [2.24, 2.45) is 0 Å². The first-order valence-corrected chi connectivity index (χ1v) is 11.4. The highest BCUT2D eigenvalue weighted by atomic mass is 79.9. The zero-order valence-corrected chi connectivity index (χ0v) is 19.7. The van der Waals surface area contributed by atoms with E-state index in [0.717, 1.165) is 56.8 Å². The highest BCUT2D eigenvalue weighted by molar-refractivity contribution is 9.10. The Kier molecular flexibility index (Phi) is 6.02. The second kappa shape index (κ2) is 9.25. The number of nitrogens with one attached hydrogen (secondary N) is 1. The van der Waals surface area contributed by atoms with E-state index in [4.69, 9.17) is 9.72 Å². The molecule has 0 atom stereocenters. The fraction of sp³-hybridized carbons (Fsp3) is 0.200. The smallest absolute Gasteiger partial charge is 0.255 e. The lowest BCUT2D eigenvalue weighted by atomic mass is 10.1. The Morgan fingerprint density at radius 2 is 2.00 bits per heavy atom. The van der Waals surface area contributed by atoms with E-state index in [0.29, 0.717) is 18.9 Å². The molecule has 4 aromatic rings. The maximum atomic E-state index is 12.8. The van der Waals surface area contributed by atoms with Crippen LogP contribution in [0.4, 0.5) is 0 Å². The minimum atomic E-state index is -0.0771. The van der Waals surface area contributed by atoms with E-state index in [1.807, 2.05) is 42.6 Å². The third-order valence-electron chi connectivity index (χ3n) is 5.77. The molecule has 166 valence electrons. The van der Waals surface area contributed by atoms with E-state index in [-0.39, 0.29) is 5.56 Å². The molecule has 1 aromatic carbocycles. The quantitative estimate of drug-likeness (QED) is 0.438. The second-order valence-electron chi connectivity index (χ2n) is 7.93. The average molecular weight is 504 g/mol. The molecular formula is C25H22BrN5O2. The molecule has 5 rings (SSSR count). The van der Waals surface area contributed by atoms with Gasteiger partial charge in [0.15, 0.2) is 0 Å². The van der Waals surface area contributed by atoms with Gasteiger partial charge in [0.1, 0.15) is 11.6 Å². The molecule has 1 aliphatic rings. The molecule has 0 aliphatic carbocycles. The van der Waals surface area contributed by atoms with E-state index >= 15 is 0 Å². The summed E-state index contributed by atoms with van der Waals surface area (Å²) < 4.78 is 6.45. The van der Waals surface area contributed by atoms with Gasteiger partial charge in [-0.25, -0.2) is 4.98 Å². The fourth-order valence-electron chi connectivity index (χ4n) is 4.08. The Bertz CT molecular complexity index is 1340. The largest absolute Gasteiger partial charge is 0.496 e. The lowest BCUT2D eigenvalue weighted by Gasteiger charge is -2.27. The molecule has 1 aliphatic heterocycles. The van der Waals surface area contributed by atoms with Crippen LogP contribution in [-0.2, 0) is 19.5 Å². The number of benzene rings is 1. The van der Waals surface area contributed by atoms with E-state index in [1.165, 1.54) is 0 Å². The SMILES string of the molecule is COc1ccc(Br)cc1-c1ccc(CN2CCc3nc(-c4ccncc4)[nH]c(=O)c3C2)cn1. The van der Waals surface area contributed by atoms with E-state index in [1.54, 1.807) is 19.5 Å². The van der Waals surface area contributed by atoms with Crippen molar-refractivity contribution in [1.82, 2.24) is 24.8 Å². The van der Waals surface area contributed by atoms with Crippen molar-refractivity contribution >= 4 is 15.9 Å². The number of fused-ring (bicyclic) bond motifs is 1. The summed E-state index contributed by atoms with van der Waals surface area (Å²) in [5, 5.41) is 0. The van der Waals surface area contributed by atoms with Gasteiger partial charge < -0.3 is 9.72 Å². The zero-order valence-electron chi connectivity index (χ0n) is 18.1. The molecule has 0 spiro atoms. The number of ether oxygens (including phenoxy) is 1. The first-order valence-electron chi connectivity index (χ1n) is 10.6. The number of rotatable bonds is 5. The minimum absolute atomic E-state index is 0.0771. The highest BCUT2D eigenvalue weighted by Crippen LogP contribution is 2.31. The van der Waals surface area contributed by atoms with Crippen molar-refractivity contribution in [1.29, 1.82) is 0 Å². The van der Waals surface area contributed by atoms with Crippen LogP contribution in [0.2, 0.25) is 0 Å². The van der Waals surface area contributed by atoms with Gasteiger partial charge in [-0.15, -0.1) is 0 Å². The molecule has 0 unspecified atom stereocenters. The maximum absolute atomic E-state index is 12.8. The topological polar surface area (TPSA) is 84.0 Å². The molecule has 0 radical (unpaired) electrons. The average Bonchev–Trinajstić information content (AvgIpc) is 2.85. The maximum Gasteiger partial charge on any atom is 0.255 e. The predicted octanol–water partition coefficient (Wildman–Crippen LogP) is 4.22. The Morgan fingerprint density at radius 1 is 1.15 bits per heavy atom. The number of aromatic amines is 1. The highest BCUT2D eigenvalue weighted by Gasteiger charge is 2.22. The standard InChI is InChI=1S/C25H22BrN5O2/c1-33-23-5-3-18(26)12-19(23)21-4-2-16(13-28-21)14-31-11-8-22-20(15-31)25(32)30-24(29-22)17-6-9-27-10-7-17/h2-7,9-10,12-13H,8,11,14-15H2,1H3,(H,29,30,32). The molecule has 33 heavy (non-hydrogen) atoms. The van der Waals surface area contributed by atoms with Crippen molar-refractivity contribution in [3.63, 3.8) is 0 Å². The van der Waals surface area contributed by atoms with Gasteiger partial charge in [-0.05, 0) is 42.0 Å². The number of halogens is 1. The van der Waals surface area contributed by atoms with Crippen LogP contribution in [-0.4, -0.2) is 38.5 Å². The normalized spacial score (nSPS) is 13.5. The van der Waals surface area contributed by atoms with Gasteiger partial charge in [0.25, 0.3) is 5.56 Å². The van der Waals surface area contributed by atoms with E-state index in [2.05, 4.69) is 41.8 Å². The van der Waals surface area contributed by atoms with Crippen molar-refractivity contribution in [2.75, 3.05) is 13.7 Å². The lowest BCUT2D eigenvalue weighted by molar-refractivity contribution is 0.241. The van der Waals surface area contributed by atoms with Crippen LogP contribution in [0.1, 0.15) is 16.8 Å². The van der Waals surface area contributed by atoms with E-state index in [9.17, 15) is 4.79 Å². The molecule has 0 fully saturated rings. The summed E-state index contributed by atoms with van der Waals surface area (Å²) in [6, 6.07) is 13.6. The van der Waals surface area contributed by atoms with Crippen LogP contribution in [0.15, 0.2) is 70.3 Å². The number of hydrogen-bond donors (Lipinski definition) is 1. The second-order valence-corrected chi connectivity index (χ2v) is 8.85. The molecule has 7 nitrogen and oxygen atoms in total. The number of H-pyrrole nitrogens is 1. The number of pyridine rings is 2. The van der Waals surface area contributed by atoms with Gasteiger partial charge in [-0.1, -0.05) is 22.0 Å². The molecule has 0 bridgehead atoms. The van der Waals surface area contributed by atoms with Gasteiger partial charge in [0, 0.05) is 60.2 Å². The first kappa shape index (κ1) is 21.5. The molecule has 0 saturated carbocycles. The minimum Gasteiger partial charge on any atom is -0.496 e. The number of aromatic nitrogens is 4. The zero-order chi connectivity index (χ0) is 22.8. The molecule has 0 amide bonds. The van der Waals surface area contributed by atoms with Crippen LogP contribution in [0.5, 0.6) is 5.75 Å². The van der Waals surface area contributed by atoms with Crippen LogP contribution in [0.3, 0.4) is 0 Å². The number of nitrogens with zero attached hydrogens (tertiary/aromatic N) is 4. The van der Waals surface area contributed by atoms with Gasteiger partial charge in [0.2, 0.25) is 0 Å². The Labute approximate surface area is 199 Å². The molecule has 4 heterocycles. The number of methoxy groups -OCH3 is 1. The van der Waals surface area contributed by atoms with Crippen LogP contribution in [0.25, 0.3) is 22.6 Å². The summed E-state index contributed by atoms with van der Waals surface area (Å²) in [6.07, 6.45) is 6.02. The van der Waals surface area contributed by atoms with Crippen molar-refractivity contribution in [3.05, 3.63) is 92.7 Å². The van der Waals surface area contributed by atoms with Crippen LogP contribution >= 0.6 is 15.9 Å². The first-order chi connectivity index (χ1) is 16.1. The van der Waals surface area contributed by atoms with Gasteiger partial charge in [0.05, 0.1) is 24.1 Å².